The van der Waals surface area contributed by atoms with E-state index in [-0.39, 0.29) is 60.3 Å². The highest BCUT2D eigenvalue weighted by Gasteiger charge is 2.59. The molecular weight excluding hydrogens is 608 g/mol. The van der Waals surface area contributed by atoms with E-state index >= 15 is 0 Å². The predicted octanol–water partition coefficient (Wildman–Crippen LogP) is 5.37. The van der Waals surface area contributed by atoms with Crippen molar-refractivity contribution in [1.29, 1.82) is 0 Å². The Morgan fingerprint density at radius 3 is 2.04 bits per heavy atom. The Balaban J connectivity index is 1.30. The van der Waals surface area contributed by atoms with Gasteiger partial charge in [0.05, 0.1) is 31.0 Å². The number of hydrogen-bond donors (Lipinski definition) is 4. The van der Waals surface area contributed by atoms with Crippen LogP contribution in [0.1, 0.15) is 85.5 Å². The Morgan fingerprint density at radius 2 is 1.46 bits per heavy atom. The van der Waals surface area contributed by atoms with Crippen molar-refractivity contribution in [3.8, 4) is 0 Å². The average Bonchev–Trinajstić information content (AvgIpc) is 3.65. The molecule has 264 valence electrons. The molecule has 0 aromatic rings. The molecule has 1 unspecified atom stereocenters. The van der Waals surface area contributed by atoms with Crippen molar-refractivity contribution < 1.29 is 39.5 Å². The summed E-state index contributed by atoms with van der Waals surface area (Å²) in [4.78, 5) is 26.5. The van der Waals surface area contributed by atoms with Crippen molar-refractivity contribution >= 4 is 11.9 Å². The topological polar surface area (TPSA) is 134 Å². The van der Waals surface area contributed by atoms with Crippen LogP contribution in [-0.2, 0) is 19.1 Å². The molecule has 2 aliphatic heterocycles. The number of esters is 2. The Morgan fingerprint density at radius 1 is 0.875 bits per heavy atom. The van der Waals surface area contributed by atoms with Gasteiger partial charge in [0.25, 0.3) is 0 Å². The maximum Gasteiger partial charge on any atom is 0.338 e. The number of carbonyl (C=O) groups is 2. The number of aliphatic hydroxyl groups excluding tert-OH is 4. The summed E-state index contributed by atoms with van der Waals surface area (Å²) in [6.07, 6.45) is 12.3. The van der Waals surface area contributed by atoms with Gasteiger partial charge in [0.15, 0.2) is 0 Å². The molecule has 12 atom stereocenters. The lowest BCUT2D eigenvalue weighted by molar-refractivity contribution is -0.156. The summed E-state index contributed by atoms with van der Waals surface area (Å²) in [5.74, 6) is -1.13. The minimum atomic E-state index is -0.662. The maximum atomic E-state index is 13.5. The molecule has 6 rings (SSSR count). The largest absolute Gasteiger partial charge is 0.458 e. The molecule has 0 aromatic heterocycles. The highest BCUT2D eigenvalue weighted by Crippen LogP contribution is 2.63. The van der Waals surface area contributed by atoms with Crippen LogP contribution in [0, 0.1) is 51.2 Å². The summed E-state index contributed by atoms with van der Waals surface area (Å²) in [5.41, 5.74) is 1.44. The van der Waals surface area contributed by atoms with Crippen LogP contribution in [0.4, 0.5) is 0 Å². The van der Waals surface area contributed by atoms with E-state index in [9.17, 15) is 30.0 Å². The second kappa shape index (κ2) is 12.7. The van der Waals surface area contributed by atoms with Crippen molar-refractivity contribution in [2.45, 2.75) is 104 Å². The first kappa shape index (κ1) is 35.3. The maximum absolute atomic E-state index is 13.5. The van der Waals surface area contributed by atoms with E-state index in [1.807, 2.05) is 26.0 Å². The molecule has 0 aromatic carbocycles. The van der Waals surface area contributed by atoms with Crippen molar-refractivity contribution in [2.75, 3.05) is 19.8 Å². The van der Waals surface area contributed by atoms with Gasteiger partial charge in [-0.1, -0.05) is 64.2 Å². The summed E-state index contributed by atoms with van der Waals surface area (Å²) in [6.45, 7) is 17.4. The van der Waals surface area contributed by atoms with Crippen LogP contribution >= 0.6 is 0 Å². The average molecular weight is 665 g/mol. The molecule has 0 saturated heterocycles. The SMILES string of the molecule is C=C1CC[C@@H]2[C@](C)(CO)[C@H](O)CC[C@@]2(C)[C@@H]1/C=C/C1=C[C@@H](C(C[C@@H]2C(=C)CC[C@@H]3[C@](C)(CO)[C@H](O)CC[C@]32C)C2=CCOC2=O)OC1=O. The fourth-order valence-electron chi connectivity index (χ4n) is 11.5. The van der Waals surface area contributed by atoms with Gasteiger partial charge in [0, 0.05) is 28.2 Å². The van der Waals surface area contributed by atoms with Crippen LogP contribution in [0.25, 0.3) is 0 Å². The summed E-state index contributed by atoms with van der Waals surface area (Å²) in [5, 5.41) is 42.7. The van der Waals surface area contributed by atoms with Crippen LogP contribution < -0.4 is 0 Å². The Bertz CT molecular complexity index is 1440. The second-order valence-electron chi connectivity index (χ2n) is 16.9. The number of ether oxygens (including phenoxy) is 2. The van der Waals surface area contributed by atoms with E-state index in [1.165, 1.54) is 0 Å². The van der Waals surface area contributed by atoms with Gasteiger partial charge < -0.3 is 29.9 Å². The number of allylic oxidation sites excluding steroid dienone is 3. The lowest BCUT2D eigenvalue weighted by atomic mass is 9.45. The smallest absolute Gasteiger partial charge is 0.338 e. The van der Waals surface area contributed by atoms with E-state index in [4.69, 9.17) is 9.47 Å². The predicted molar refractivity (Wildman–Crippen MR) is 182 cm³/mol. The van der Waals surface area contributed by atoms with Gasteiger partial charge in [-0.2, -0.15) is 0 Å². The molecule has 8 nitrogen and oxygen atoms in total. The fraction of sp³-hybridized carbons (Fsp3) is 0.700. The van der Waals surface area contributed by atoms with Gasteiger partial charge >= 0.3 is 11.9 Å². The molecule has 4 saturated carbocycles. The molecule has 0 radical (unpaired) electrons. The van der Waals surface area contributed by atoms with Gasteiger partial charge in [-0.05, 0) is 98.5 Å². The monoisotopic (exact) mass is 664 g/mol. The molecule has 0 spiro atoms. The van der Waals surface area contributed by atoms with Crippen molar-refractivity contribution in [3.05, 3.63) is 59.8 Å². The van der Waals surface area contributed by atoms with Crippen molar-refractivity contribution in [3.63, 3.8) is 0 Å². The number of aliphatic hydroxyl groups is 4. The summed E-state index contributed by atoms with van der Waals surface area (Å²) < 4.78 is 11.4. The first-order valence-electron chi connectivity index (χ1n) is 18.1. The third-order valence-electron chi connectivity index (χ3n) is 14.6. The van der Waals surface area contributed by atoms with Gasteiger partial charge in [-0.15, -0.1) is 0 Å². The van der Waals surface area contributed by atoms with Crippen LogP contribution in [-0.4, -0.2) is 70.5 Å². The molecule has 0 amide bonds. The molecule has 2 heterocycles. The zero-order valence-corrected chi connectivity index (χ0v) is 29.2. The highest BCUT2D eigenvalue weighted by atomic mass is 16.6. The Labute approximate surface area is 285 Å². The lowest BCUT2D eigenvalue weighted by Crippen LogP contribution is -2.57. The summed E-state index contributed by atoms with van der Waals surface area (Å²) in [6, 6.07) is 0. The van der Waals surface area contributed by atoms with E-state index < -0.39 is 41.0 Å². The van der Waals surface area contributed by atoms with Gasteiger partial charge in [-0.25, -0.2) is 9.59 Å². The fourth-order valence-corrected chi connectivity index (χ4v) is 11.5. The summed E-state index contributed by atoms with van der Waals surface area (Å²) in [7, 11) is 0. The van der Waals surface area contributed by atoms with E-state index in [0.29, 0.717) is 30.4 Å². The second-order valence-corrected chi connectivity index (χ2v) is 16.9. The zero-order valence-electron chi connectivity index (χ0n) is 29.2. The van der Waals surface area contributed by atoms with Gasteiger partial charge in [-0.3, -0.25) is 0 Å². The van der Waals surface area contributed by atoms with E-state index in [1.54, 1.807) is 6.08 Å². The van der Waals surface area contributed by atoms with Crippen LogP contribution in [0.5, 0.6) is 0 Å². The van der Waals surface area contributed by atoms with Crippen LogP contribution in [0.3, 0.4) is 0 Å². The third kappa shape index (κ3) is 5.41. The van der Waals surface area contributed by atoms with Crippen LogP contribution in [0.15, 0.2) is 59.8 Å². The number of fused-ring (bicyclic) bond motifs is 2. The normalized spacial score (nSPS) is 45.3. The van der Waals surface area contributed by atoms with Crippen LogP contribution in [0.2, 0.25) is 0 Å². The number of hydrogen-bond acceptors (Lipinski definition) is 8. The highest BCUT2D eigenvalue weighted by molar-refractivity contribution is 5.95. The van der Waals surface area contributed by atoms with Gasteiger partial charge in [0.1, 0.15) is 12.7 Å². The first-order valence-corrected chi connectivity index (χ1v) is 18.1. The lowest BCUT2D eigenvalue weighted by Gasteiger charge is -2.60. The molecule has 48 heavy (non-hydrogen) atoms. The van der Waals surface area contributed by atoms with Crippen molar-refractivity contribution in [1.82, 2.24) is 0 Å². The standard InChI is InChI=1S/C40H56O8/c1-23-7-11-31-37(3,16-13-33(43)39(31,5)21-41)28(23)10-9-25-19-30(48-35(25)45)27(26-15-18-47-36(26)46)20-29-24(2)8-12-32-38(29,4)17-14-34(44)40(32,6)22-42/h9-10,15,19,27-34,41-44H,1-2,7-8,11-14,16-18,20-22H2,3-6H3/b10-9+/t27?,28-,29-,30+,31+,32+,33-,34-,37+,38+,39+,40+/m1/s1. The van der Waals surface area contributed by atoms with Gasteiger partial charge in [0.2, 0.25) is 0 Å². The van der Waals surface area contributed by atoms with Crippen molar-refractivity contribution in [2.24, 2.45) is 51.2 Å². The molecule has 4 aliphatic carbocycles. The molecule has 4 fully saturated rings. The number of cyclic esters (lactones) is 2. The Kier molecular flexibility index (Phi) is 9.32. The van der Waals surface area contributed by atoms with E-state index in [2.05, 4.69) is 33.1 Å². The molecular formula is C40H56O8. The number of rotatable bonds is 8. The Hall–Kier alpha value is -2.52. The minimum absolute atomic E-state index is 0.00875. The molecule has 0 bridgehead atoms. The quantitative estimate of drug-likeness (QED) is 0.201. The molecule has 4 N–H and O–H groups in total. The molecule has 6 aliphatic rings. The zero-order chi connectivity index (χ0) is 34.8. The molecule has 8 heteroatoms. The summed E-state index contributed by atoms with van der Waals surface area (Å²) >= 11 is 0. The van der Waals surface area contributed by atoms with E-state index in [0.717, 1.165) is 49.7 Å². The third-order valence-corrected chi connectivity index (χ3v) is 14.6. The minimum Gasteiger partial charge on any atom is -0.458 e. The number of carbonyl (C=O) groups excluding carboxylic acids is 2. The first-order chi connectivity index (χ1) is 22.6.